The molecule has 2 aliphatic rings. The Bertz CT molecular complexity index is 1630. The van der Waals surface area contributed by atoms with Gasteiger partial charge in [0.1, 0.15) is 5.00 Å². The highest BCUT2D eigenvalue weighted by Gasteiger charge is 2.33. The lowest BCUT2D eigenvalue weighted by atomic mass is 10.0. The molecule has 1 saturated heterocycles. The third-order valence-electron chi connectivity index (χ3n) is 7.69. The first-order valence-corrected chi connectivity index (χ1v) is 16.3. The number of thiophene rings is 1. The first-order valence-electron chi connectivity index (χ1n) is 14.1. The second-order valence-electron chi connectivity index (χ2n) is 10.7. The number of carbonyl (C=O) groups is 3. The van der Waals surface area contributed by atoms with E-state index in [2.05, 4.69) is 10.4 Å². The fourth-order valence-electron chi connectivity index (χ4n) is 5.55. The molecule has 1 N–H and O–H groups in total. The van der Waals surface area contributed by atoms with Crippen LogP contribution in [0.2, 0.25) is 0 Å². The van der Waals surface area contributed by atoms with Gasteiger partial charge in [0, 0.05) is 35.3 Å². The number of anilines is 1. The number of hydrogen-bond donors (Lipinski definition) is 1. The number of benzene rings is 1. The molecule has 0 bridgehead atoms. The first-order chi connectivity index (χ1) is 20.0. The zero-order valence-corrected chi connectivity index (χ0v) is 25.8. The number of sulfonamides is 1. The number of carbonyl (C=O) groups excluding carboxylic acids is 3. The molecule has 1 unspecified atom stereocenters. The molecule has 2 aromatic heterocycles. The van der Waals surface area contributed by atoms with Gasteiger partial charge >= 0.3 is 6.09 Å². The number of nitrogens with one attached hydrogen (secondary N) is 1. The Morgan fingerprint density at radius 2 is 1.86 bits per heavy atom. The highest BCUT2D eigenvalue weighted by atomic mass is 32.2. The summed E-state index contributed by atoms with van der Waals surface area (Å²) in [5, 5.41) is 7.59. The summed E-state index contributed by atoms with van der Waals surface area (Å²) in [5.41, 5.74) is 2.73. The predicted octanol–water partition coefficient (Wildman–Crippen LogP) is 4.58. The average Bonchev–Trinajstić information content (AvgIpc) is 3.50. The van der Waals surface area contributed by atoms with Crippen molar-refractivity contribution in [1.82, 2.24) is 19.0 Å². The van der Waals surface area contributed by atoms with Gasteiger partial charge in [-0.3, -0.25) is 9.59 Å². The van der Waals surface area contributed by atoms with Crippen molar-refractivity contribution in [2.75, 3.05) is 25.0 Å². The molecule has 0 radical (unpaired) electrons. The summed E-state index contributed by atoms with van der Waals surface area (Å²) >= 11 is 1.24. The molecule has 1 aromatic carbocycles. The van der Waals surface area contributed by atoms with Crippen molar-refractivity contribution in [2.45, 2.75) is 70.9 Å². The molecule has 2 amide bonds. The van der Waals surface area contributed by atoms with Gasteiger partial charge < -0.3 is 15.0 Å². The Kier molecular flexibility index (Phi) is 8.53. The molecule has 0 spiro atoms. The zero-order valence-electron chi connectivity index (χ0n) is 24.2. The minimum Gasteiger partial charge on any atom is -0.450 e. The minimum absolute atomic E-state index is 0.0745. The normalized spacial score (nSPS) is 17.5. The van der Waals surface area contributed by atoms with Gasteiger partial charge in [0.2, 0.25) is 10.0 Å². The van der Waals surface area contributed by atoms with E-state index in [1.54, 1.807) is 31.7 Å². The van der Waals surface area contributed by atoms with Gasteiger partial charge in [0.05, 0.1) is 29.3 Å². The molecule has 1 atom stereocenters. The van der Waals surface area contributed by atoms with Crippen LogP contribution in [0.1, 0.15) is 75.7 Å². The zero-order chi connectivity index (χ0) is 30.2. The summed E-state index contributed by atoms with van der Waals surface area (Å²) < 4.78 is 34.5. The quantitative estimate of drug-likeness (QED) is 0.431. The van der Waals surface area contributed by atoms with Crippen LogP contribution in [0, 0.1) is 13.8 Å². The maximum Gasteiger partial charge on any atom is 0.410 e. The smallest absolute Gasteiger partial charge is 0.410 e. The number of rotatable bonds is 6. The van der Waals surface area contributed by atoms with Crippen LogP contribution in [-0.2, 0) is 27.7 Å². The summed E-state index contributed by atoms with van der Waals surface area (Å²) in [4.78, 5) is 42.1. The Labute approximate surface area is 249 Å². The maximum atomic E-state index is 13.8. The van der Waals surface area contributed by atoms with Crippen molar-refractivity contribution in [3.05, 3.63) is 63.3 Å². The van der Waals surface area contributed by atoms with Gasteiger partial charge in [-0.25, -0.2) is 17.9 Å². The van der Waals surface area contributed by atoms with Crippen LogP contribution in [-0.4, -0.2) is 71.0 Å². The van der Waals surface area contributed by atoms with E-state index in [-0.39, 0.29) is 35.6 Å². The lowest BCUT2D eigenvalue weighted by molar-refractivity contribution is 0.0941. The van der Waals surface area contributed by atoms with Gasteiger partial charge in [-0.15, -0.1) is 11.3 Å². The van der Waals surface area contributed by atoms with Crippen LogP contribution in [0.15, 0.2) is 35.2 Å². The van der Waals surface area contributed by atoms with Gasteiger partial charge in [-0.05, 0) is 82.9 Å². The number of piperidine rings is 1. The number of nitrogens with zero attached hydrogens (tertiary/aromatic N) is 4. The maximum absolute atomic E-state index is 13.8. The molecule has 224 valence electrons. The van der Waals surface area contributed by atoms with Crippen molar-refractivity contribution < 1.29 is 27.5 Å². The molecule has 0 aliphatic carbocycles. The third kappa shape index (κ3) is 5.72. The number of hydrogen-bond acceptors (Lipinski definition) is 8. The monoisotopic (exact) mass is 613 g/mol. The summed E-state index contributed by atoms with van der Waals surface area (Å²) in [6, 6.07) is 7.59. The molecule has 0 saturated carbocycles. The van der Waals surface area contributed by atoms with Gasteiger partial charge in [0.25, 0.3) is 11.8 Å². The SMILES string of the molecule is CCOC(=O)N1CCc2c(sc(NC(=O)c3ccc(S(=O)(=O)N4CCCCC4C)cc3)c2C(=O)n2nc(C)cc2C)C1. The highest BCUT2D eigenvalue weighted by Crippen LogP contribution is 2.38. The standard InChI is InChI=1S/C29H35N5O6S2/c1-5-40-29(37)32-15-13-23-24(17-32)41-27(25(23)28(36)34-20(4)16-18(2)31-34)30-26(35)21-9-11-22(12-10-21)42(38,39)33-14-7-6-8-19(33)3/h9-12,16,19H,5-8,13-15,17H2,1-4H3,(H,30,35). The van der Waals surface area contributed by atoms with E-state index in [1.807, 2.05) is 6.92 Å². The number of amides is 2. The topological polar surface area (TPSA) is 131 Å². The summed E-state index contributed by atoms with van der Waals surface area (Å²) in [7, 11) is -3.68. The molecule has 42 heavy (non-hydrogen) atoms. The van der Waals surface area contributed by atoms with E-state index in [9.17, 15) is 22.8 Å². The van der Waals surface area contributed by atoms with Crippen LogP contribution < -0.4 is 5.32 Å². The summed E-state index contributed by atoms with van der Waals surface area (Å²) in [5.74, 6) is -0.844. The second kappa shape index (κ2) is 12.0. The van der Waals surface area contributed by atoms with Gasteiger partial charge in [-0.2, -0.15) is 9.40 Å². The van der Waals surface area contributed by atoms with E-state index in [1.165, 1.54) is 44.6 Å². The minimum atomic E-state index is -3.68. The Morgan fingerprint density at radius 3 is 2.50 bits per heavy atom. The molecule has 13 heteroatoms. The molecule has 1 fully saturated rings. The molecule has 11 nitrogen and oxygen atoms in total. The number of aromatic nitrogens is 2. The van der Waals surface area contributed by atoms with E-state index >= 15 is 0 Å². The van der Waals surface area contributed by atoms with Crippen molar-refractivity contribution >= 4 is 44.3 Å². The first kappa shape index (κ1) is 29.9. The van der Waals surface area contributed by atoms with Crippen molar-refractivity contribution in [1.29, 1.82) is 0 Å². The van der Waals surface area contributed by atoms with Crippen LogP contribution >= 0.6 is 11.3 Å². The van der Waals surface area contributed by atoms with Crippen molar-refractivity contribution in [2.24, 2.45) is 0 Å². The van der Waals surface area contributed by atoms with Gasteiger partial charge in [0.15, 0.2) is 0 Å². The Hall–Kier alpha value is -3.55. The fourth-order valence-corrected chi connectivity index (χ4v) is 8.50. The molecular weight excluding hydrogens is 578 g/mol. The van der Waals surface area contributed by atoms with Crippen LogP contribution in [0.5, 0.6) is 0 Å². The molecular formula is C29H35N5O6S2. The predicted molar refractivity (Wildman–Crippen MR) is 158 cm³/mol. The molecule has 2 aliphatic heterocycles. The van der Waals surface area contributed by atoms with E-state index in [4.69, 9.17) is 4.74 Å². The van der Waals surface area contributed by atoms with Crippen LogP contribution in [0.3, 0.4) is 0 Å². The number of ether oxygens (including phenoxy) is 1. The fraction of sp³-hybridized carbons (Fsp3) is 0.448. The Balaban J connectivity index is 1.43. The van der Waals surface area contributed by atoms with E-state index in [0.29, 0.717) is 41.5 Å². The van der Waals surface area contributed by atoms with E-state index in [0.717, 1.165) is 29.7 Å². The molecule has 4 heterocycles. The summed E-state index contributed by atoms with van der Waals surface area (Å²) in [6.07, 6.45) is 2.64. The summed E-state index contributed by atoms with van der Waals surface area (Å²) in [6.45, 7) is 8.62. The Morgan fingerprint density at radius 1 is 1.12 bits per heavy atom. The average molecular weight is 614 g/mol. The largest absolute Gasteiger partial charge is 0.450 e. The number of fused-ring (bicyclic) bond motifs is 1. The van der Waals surface area contributed by atoms with Crippen LogP contribution in [0.25, 0.3) is 0 Å². The molecule has 5 rings (SSSR count). The van der Waals surface area contributed by atoms with Crippen molar-refractivity contribution in [3.8, 4) is 0 Å². The molecule has 3 aromatic rings. The highest BCUT2D eigenvalue weighted by molar-refractivity contribution is 7.89. The second-order valence-corrected chi connectivity index (χ2v) is 13.7. The third-order valence-corrected chi connectivity index (χ3v) is 10.9. The lowest BCUT2D eigenvalue weighted by Gasteiger charge is -2.32. The van der Waals surface area contributed by atoms with Crippen molar-refractivity contribution in [3.63, 3.8) is 0 Å². The number of aryl methyl sites for hydroxylation is 2. The van der Waals surface area contributed by atoms with Gasteiger partial charge in [-0.1, -0.05) is 6.42 Å². The van der Waals surface area contributed by atoms with E-state index < -0.39 is 22.0 Å². The lowest BCUT2D eigenvalue weighted by Crippen LogP contribution is -2.41. The van der Waals surface area contributed by atoms with Crippen LogP contribution in [0.4, 0.5) is 9.80 Å².